The zero-order chi connectivity index (χ0) is 25.7. The zero-order valence-electron chi connectivity index (χ0n) is 19.1. The summed E-state index contributed by atoms with van der Waals surface area (Å²) < 4.78 is 16.1. The first-order chi connectivity index (χ1) is 16.7. The number of hydrogen-bond acceptors (Lipinski definition) is 8. The Labute approximate surface area is 210 Å². The van der Waals surface area contributed by atoms with Gasteiger partial charge in [-0.1, -0.05) is 23.7 Å². The number of ether oxygens (including phenoxy) is 3. The molecule has 2 aromatic carbocycles. The number of amides is 2. The van der Waals surface area contributed by atoms with Crippen molar-refractivity contribution in [3.05, 3.63) is 63.0 Å². The van der Waals surface area contributed by atoms with Crippen LogP contribution in [0.5, 0.6) is 11.5 Å². The summed E-state index contributed by atoms with van der Waals surface area (Å²) in [6.07, 6.45) is 1.47. The molecule has 0 unspecified atom stereocenters. The summed E-state index contributed by atoms with van der Waals surface area (Å²) in [6.45, 7) is 3.24. The van der Waals surface area contributed by atoms with Gasteiger partial charge in [-0.05, 0) is 67.1 Å². The van der Waals surface area contributed by atoms with Crippen LogP contribution < -0.4 is 9.47 Å². The Morgan fingerprint density at radius 1 is 1.23 bits per heavy atom. The van der Waals surface area contributed by atoms with Crippen LogP contribution in [0.25, 0.3) is 6.08 Å². The summed E-state index contributed by atoms with van der Waals surface area (Å²) in [5, 5.41) is 8.75. The standard InChI is InChI=1S/C24H22ClNO8S/c1-4-33-23(30)13(2)26-21(27)19(35-24(26)31)11-15-9-17(25)20(18(10-15)32-3)34-12-14-6-5-7-16(8-14)22(28)29/h5-11,13H,4,12H2,1-3H3,(H,28,29)/b19-11+/t13-/m0/s1. The Hall–Kier alpha value is -3.50. The number of methoxy groups -OCH3 is 1. The Bertz CT molecular complexity index is 1210. The van der Waals surface area contributed by atoms with Gasteiger partial charge in [-0.3, -0.25) is 14.5 Å². The van der Waals surface area contributed by atoms with Gasteiger partial charge in [-0.2, -0.15) is 0 Å². The molecule has 0 bridgehead atoms. The molecule has 9 nitrogen and oxygen atoms in total. The van der Waals surface area contributed by atoms with Crippen LogP contribution in [0.4, 0.5) is 4.79 Å². The third-order valence-corrected chi connectivity index (χ3v) is 6.11. The average molecular weight is 520 g/mol. The first kappa shape index (κ1) is 26.1. The van der Waals surface area contributed by atoms with Gasteiger partial charge in [-0.15, -0.1) is 0 Å². The Morgan fingerprint density at radius 2 is 1.97 bits per heavy atom. The number of imide groups is 1. The fourth-order valence-corrected chi connectivity index (χ4v) is 4.43. The highest BCUT2D eigenvalue weighted by Gasteiger charge is 2.41. The van der Waals surface area contributed by atoms with E-state index in [1.807, 2.05) is 0 Å². The topological polar surface area (TPSA) is 119 Å². The van der Waals surface area contributed by atoms with Gasteiger partial charge < -0.3 is 19.3 Å². The van der Waals surface area contributed by atoms with Crippen molar-refractivity contribution in [1.82, 2.24) is 4.90 Å². The number of rotatable bonds is 9. The Morgan fingerprint density at radius 3 is 2.63 bits per heavy atom. The Kier molecular flexibility index (Phi) is 8.42. The second-order valence-electron chi connectivity index (χ2n) is 7.31. The number of carboxylic acids is 1. The minimum absolute atomic E-state index is 0.0428. The van der Waals surface area contributed by atoms with Crippen LogP contribution >= 0.6 is 23.4 Å². The lowest BCUT2D eigenvalue weighted by Gasteiger charge is -2.19. The number of carbonyl (C=O) groups excluding carboxylic acids is 3. The van der Waals surface area contributed by atoms with Gasteiger partial charge in [0, 0.05) is 0 Å². The molecule has 1 atom stereocenters. The minimum Gasteiger partial charge on any atom is -0.493 e. The molecule has 0 saturated carbocycles. The number of carboxylic acid groups (broad SMARTS) is 1. The molecule has 2 aromatic rings. The molecule has 1 saturated heterocycles. The van der Waals surface area contributed by atoms with E-state index in [0.717, 1.165) is 4.90 Å². The van der Waals surface area contributed by atoms with Crippen molar-refractivity contribution in [3.63, 3.8) is 0 Å². The van der Waals surface area contributed by atoms with E-state index < -0.39 is 29.1 Å². The van der Waals surface area contributed by atoms with Crippen molar-refractivity contribution in [1.29, 1.82) is 0 Å². The van der Waals surface area contributed by atoms with Gasteiger partial charge in [-0.25, -0.2) is 9.59 Å². The van der Waals surface area contributed by atoms with Gasteiger partial charge in [0.05, 0.1) is 29.2 Å². The quantitative estimate of drug-likeness (QED) is 0.374. The second-order valence-corrected chi connectivity index (χ2v) is 8.71. The predicted octanol–water partition coefficient (Wildman–Crippen LogP) is 4.61. The van der Waals surface area contributed by atoms with Crippen LogP contribution in [-0.2, 0) is 20.9 Å². The summed E-state index contributed by atoms with van der Waals surface area (Å²) in [7, 11) is 1.42. The number of benzene rings is 2. The molecule has 2 amide bonds. The van der Waals surface area contributed by atoms with Crippen LogP contribution in [0.2, 0.25) is 5.02 Å². The molecule has 1 N–H and O–H groups in total. The van der Waals surface area contributed by atoms with Crippen molar-refractivity contribution < 1.29 is 38.5 Å². The molecule has 1 heterocycles. The third kappa shape index (κ3) is 5.95. The van der Waals surface area contributed by atoms with Crippen LogP contribution in [0.3, 0.4) is 0 Å². The zero-order valence-corrected chi connectivity index (χ0v) is 20.6. The second kappa shape index (κ2) is 11.3. The minimum atomic E-state index is -1.05. The van der Waals surface area contributed by atoms with Crippen LogP contribution in [0, 0.1) is 0 Å². The van der Waals surface area contributed by atoms with E-state index in [9.17, 15) is 19.2 Å². The molecular formula is C24H22ClNO8S. The highest BCUT2D eigenvalue weighted by molar-refractivity contribution is 8.18. The number of carbonyl (C=O) groups is 4. The first-order valence-electron chi connectivity index (χ1n) is 10.4. The van der Waals surface area contributed by atoms with E-state index in [0.29, 0.717) is 22.9 Å². The van der Waals surface area contributed by atoms with E-state index >= 15 is 0 Å². The van der Waals surface area contributed by atoms with Crippen molar-refractivity contribution in [3.8, 4) is 11.5 Å². The third-order valence-electron chi connectivity index (χ3n) is 4.95. The van der Waals surface area contributed by atoms with Gasteiger partial charge in [0.15, 0.2) is 11.5 Å². The monoisotopic (exact) mass is 519 g/mol. The predicted molar refractivity (Wildman–Crippen MR) is 130 cm³/mol. The van der Waals surface area contributed by atoms with Crippen molar-refractivity contribution >= 4 is 52.5 Å². The molecule has 35 heavy (non-hydrogen) atoms. The Balaban J connectivity index is 1.82. The molecule has 1 aliphatic heterocycles. The molecule has 0 radical (unpaired) electrons. The summed E-state index contributed by atoms with van der Waals surface area (Å²) in [4.78, 5) is 49.3. The SMILES string of the molecule is CCOC(=O)[C@H](C)N1C(=O)S/C(=C/c2cc(Cl)c(OCc3cccc(C(=O)O)c3)c(OC)c2)C1=O. The molecule has 184 valence electrons. The fraction of sp³-hybridized carbons (Fsp3) is 0.250. The van der Waals surface area contributed by atoms with Gasteiger partial charge in [0.1, 0.15) is 12.6 Å². The first-order valence-corrected chi connectivity index (χ1v) is 11.6. The molecule has 3 rings (SSSR count). The van der Waals surface area contributed by atoms with Crippen LogP contribution in [-0.4, -0.2) is 52.8 Å². The van der Waals surface area contributed by atoms with E-state index in [2.05, 4.69) is 0 Å². The van der Waals surface area contributed by atoms with E-state index in [4.69, 9.17) is 30.9 Å². The maximum absolute atomic E-state index is 12.8. The van der Waals surface area contributed by atoms with Gasteiger partial charge >= 0.3 is 11.9 Å². The maximum atomic E-state index is 12.8. The molecule has 0 spiro atoms. The summed E-state index contributed by atoms with van der Waals surface area (Å²) in [5.74, 6) is -1.83. The lowest BCUT2D eigenvalue weighted by Crippen LogP contribution is -2.42. The lowest BCUT2D eigenvalue weighted by molar-refractivity contribution is -0.150. The van der Waals surface area contributed by atoms with Crippen molar-refractivity contribution in [2.24, 2.45) is 0 Å². The summed E-state index contributed by atoms with van der Waals surface area (Å²) >= 11 is 7.11. The molecule has 1 fully saturated rings. The summed E-state index contributed by atoms with van der Waals surface area (Å²) in [6, 6.07) is 8.36. The molecule has 1 aliphatic rings. The molecule has 0 aliphatic carbocycles. The smallest absolute Gasteiger partial charge is 0.335 e. The number of hydrogen-bond donors (Lipinski definition) is 1. The molecular weight excluding hydrogens is 498 g/mol. The number of halogens is 1. The van der Waals surface area contributed by atoms with E-state index in [1.165, 1.54) is 38.3 Å². The fourth-order valence-electron chi connectivity index (χ4n) is 3.25. The summed E-state index contributed by atoms with van der Waals surface area (Å²) in [5.41, 5.74) is 1.23. The van der Waals surface area contributed by atoms with Crippen molar-refractivity contribution in [2.45, 2.75) is 26.5 Å². The number of esters is 1. The van der Waals surface area contributed by atoms with Gasteiger partial charge in [0.2, 0.25) is 0 Å². The van der Waals surface area contributed by atoms with Crippen molar-refractivity contribution in [2.75, 3.05) is 13.7 Å². The largest absolute Gasteiger partial charge is 0.493 e. The highest BCUT2D eigenvalue weighted by atomic mass is 35.5. The van der Waals surface area contributed by atoms with Gasteiger partial charge in [0.25, 0.3) is 11.1 Å². The lowest BCUT2D eigenvalue weighted by atomic mass is 10.1. The number of nitrogens with zero attached hydrogens (tertiary/aromatic N) is 1. The number of thioether (sulfide) groups is 1. The maximum Gasteiger partial charge on any atom is 0.335 e. The van der Waals surface area contributed by atoms with Crippen LogP contribution in [0.15, 0.2) is 41.3 Å². The average Bonchev–Trinajstić information content (AvgIpc) is 3.10. The van der Waals surface area contributed by atoms with Crippen LogP contribution in [0.1, 0.15) is 35.3 Å². The molecule has 0 aromatic heterocycles. The van der Waals surface area contributed by atoms with E-state index in [1.54, 1.807) is 25.1 Å². The highest BCUT2D eigenvalue weighted by Crippen LogP contribution is 2.39. The normalized spacial score (nSPS) is 15.3. The molecule has 11 heteroatoms. The van der Waals surface area contributed by atoms with E-state index in [-0.39, 0.29) is 40.2 Å². The number of aromatic carboxylic acids is 1.